The summed E-state index contributed by atoms with van der Waals surface area (Å²) in [6.07, 6.45) is 1.31. The second-order valence-corrected chi connectivity index (χ2v) is 8.62. The molecule has 33 heavy (non-hydrogen) atoms. The Morgan fingerprint density at radius 3 is 2.70 bits per heavy atom. The number of hydrogen-bond acceptors (Lipinski definition) is 7. The summed E-state index contributed by atoms with van der Waals surface area (Å²) in [7, 11) is 0. The maximum absolute atomic E-state index is 12.9. The molecule has 4 rings (SSSR count). The number of hydrogen-bond donors (Lipinski definition) is 1. The number of fused-ring (bicyclic) bond motifs is 1. The summed E-state index contributed by atoms with van der Waals surface area (Å²) in [6.45, 7) is 3.58. The molecule has 0 fully saturated rings. The Balaban J connectivity index is 1.44. The van der Waals surface area contributed by atoms with Gasteiger partial charge in [0, 0.05) is 10.6 Å². The fourth-order valence-corrected chi connectivity index (χ4v) is 4.46. The lowest BCUT2D eigenvalue weighted by molar-refractivity contribution is -0.122. The first-order chi connectivity index (χ1) is 15.9. The average molecular weight is 486 g/mol. The van der Waals surface area contributed by atoms with Crippen molar-refractivity contribution in [2.24, 2.45) is 0 Å². The van der Waals surface area contributed by atoms with E-state index in [1.807, 2.05) is 18.2 Å². The van der Waals surface area contributed by atoms with Crippen molar-refractivity contribution in [1.82, 2.24) is 14.9 Å². The van der Waals surface area contributed by atoms with Gasteiger partial charge in [-0.1, -0.05) is 11.6 Å². The minimum Gasteiger partial charge on any atom is -0.462 e. The van der Waals surface area contributed by atoms with Gasteiger partial charge >= 0.3 is 5.97 Å². The zero-order valence-corrected chi connectivity index (χ0v) is 19.5. The predicted molar refractivity (Wildman–Crippen MR) is 126 cm³/mol. The molecule has 0 aliphatic carbocycles. The number of benzene rings is 1. The van der Waals surface area contributed by atoms with Crippen molar-refractivity contribution >= 4 is 45.0 Å². The van der Waals surface area contributed by atoms with Gasteiger partial charge in [0.25, 0.3) is 5.56 Å². The largest absolute Gasteiger partial charge is 0.462 e. The fraction of sp³-hybridized carbons (Fsp3) is 0.217. The number of ether oxygens (including phenoxy) is 1. The first-order valence-electron chi connectivity index (χ1n) is 10.1. The summed E-state index contributed by atoms with van der Waals surface area (Å²) in [6, 6.07) is 10.8. The molecule has 10 heteroatoms. The molecule has 4 aromatic rings. The summed E-state index contributed by atoms with van der Waals surface area (Å²) in [5, 5.41) is 3.69. The molecule has 1 amide bonds. The Morgan fingerprint density at radius 1 is 1.21 bits per heavy atom. The fourth-order valence-electron chi connectivity index (χ4n) is 3.30. The molecule has 0 spiro atoms. The number of thiophene rings is 1. The van der Waals surface area contributed by atoms with Gasteiger partial charge in [0.15, 0.2) is 0 Å². The zero-order valence-electron chi connectivity index (χ0n) is 17.9. The summed E-state index contributed by atoms with van der Waals surface area (Å²) in [5.41, 5.74) is 0.990. The highest BCUT2D eigenvalue weighted by molar-refractivity contribution is 7.20. The van der Waals surface area contributed by atoms with Crippen LogP contribution in [0.25, 0.3) is 21.5 Å². The predicted octanol–water partition coefficient (Wildman–Crippen LogP) is 4.17. The Labute approximate surface area is 197 Å². The van der Waals surface area contributed by atoms with E-state index in [0.29, 0.717) is 37.2 Å². The molecular formula is C23H20ClN3O5S. The van der Waals surface area contributed by atoms with E-state index in [-0.39, 0.29) is 31.2 Å². The average Bonchev–Trinajstić information content (AvgIpc) is 3.40. The molecule has 0 unspecified atom stereocenters. The summed E-state index contributed by atoms with van der Waals surface area (Å²) < 4.78 is 12.0. The van der Waals surface area contributed by atoms with Crippen molar-refractivity contribution in [3.63, 3.8) is 0 Å². The van der Waals surface area contributed by atoms with Crippen LogP contribution >= 0.6 is 22.9 Å². The van der Waals surface area contributed by atoms with Gasteiger partial charge in [-0.15, -0.1) is 11.3 Å². The van der Waals surface area contributed by atoms with Gasteiger partial charge < -0.3 is 14.5 Å². The van der Waals surface area contributed by atoms with Gasteiger partial charge in [-0.2, -0.15) is 0 Å². The van der Waals surface area contributed by atoms with E-state index in [4.69, 9.17) is 20.8 Å². The van der Waals surface area contributed by atoms with Crippen molar-refractivity contribution in [2.75, 3.05) is 6.61 Å². The molecule has 0 bridgehead atoms. The van der Waals surface area contributed by atoms with Gasteiger partial charge in [0.2, 0.25) is 5.91 Å². The van der Waals surface area contributed by atoms with E-state index < -0.39 is 5.97 Å². The molecule has 0 saturated heterocycles. The molecule has 1 aromatic carbocycles. The molecule has 0 atom stereocenters. The van der Waals surface area contributed by atoms with E-state index in [0.717, 1.165) is 16.9 Å². The van der Waals surface area contributed by atoms with Gasteiger partial charge in [0.05, 0.1) is 24.9 Å². The standard InChI is InChI=1S/C23H20ClN3O5S/c1-3-31-23(30)20-13(2)19-21(33-20)26-12-27(22(19)29)11-18(28)25-10-16-8-9-17(32-16)14-4-6-15(24)7-5-14/h4-9,12H,3,10-11H2,1-2H3,(H,25,28). The quantitative estimate of drug-likeness (QED) is 0.394. The van der Waals surface area contributed by atoms with E-state index in [2.05, 4.69) is 10.3 Å². The number of amides is 1. The smallest absolute Gasteiger partial charge is 0.348 e. The van der Waals surface area contributed by atoms with E-state index in [1.165, 1.54) is 10.9 Å². The van der Waals surface area contributed by atoms with Crippen molar-refractivity contribution in [2.45, 2.75) is 26.9 Å². The monoisotopic (exact) mass is 485 g/mol. The Morgan fingerprint density at radius 2 is 1.97 bits per heavy atom. The Kier molecular flexibility index (Phi) is 6.62. The number of esters is 1. The lowest BCUT2D eigenvalue weighted by Crippen LogP contribution is -2.32. The van der Waals surface area contributed by atoms with Crippen LogP contribution in [0, 0.1) is 6.92 Å². The van der Waals surface area contributed by atoms with Gasteiger partial charge in [-0.05, 0) is 55.8 Å². The second-order valence-electron chi connectivity index (χ2n) is 7.18. The van der Waals surface area contributed by atoms with Crippen LogP contribution in [0.3, 0.4) is 0 Å². The van der Waals surface area contributed by atoms with Crippen LogP contribution in [0.15, 0.2) is 51.9 Å². The lowest BCUT2D eigenvalue weighted by atomic mass is 10.2. The molecule has 1 N–H and O–H groups in total. The Hall–Kier alpha value is -3.43. The van der Waals surface area contributed by atoms with Crippen molar-refractivity contribution in [3.05, 3.63) is 74.3 Å². The van der Waals surface area contributed by atoms with Gasteiger partial charge in [0.1, 0.15) is 27.8 Å². The summed E-state index contributed by atoms with van der Waals surface area (Å²) in [4.78, 5) is 42.5. The minimum absolute atomic E-state index is 0.168. The lowest BCUT2D eigenvalue weighted by Gasteiger charge is -2.06. The number of nitrogens with one attached hydrogen (secondary N) is 1. The van der Waals surface area contributed by atoms with Crippen LogP contribution in [0.2, 0.25) is 5.02 Å². The first-order valence-corrected chi connectivity index (χ1v) is 11.3. The molecule has 0 aliphatic rings. The second kappa shape index (κ2) is 9.60. The van der Waals surface area contributed by atoms with Crippen LogP contribution in [0.5, 0.6) is 0 Å². The van der Waals surface area contributed by atoms with E-state index >= 15 is 0 Å². The summed E-state index contributed by atoms with van der Waals surface area (Å²) in [5.74, 6) is 0.369. The van der Waals surface area contributed by atoms with E-state index in [1.54, 1.807) is 32.0 Å². The molecule has 170 valence electrons. The van der Waals surface area contributed by atoms with Crippen LogP contribution in [0.1, 0.15) is 27.9 Å². The van der Waals surface area contributed by atoms with Crippen molar-refractivity contribution in [1.29, 1.82) is 0 Å². The van der Waals surface area contributed by atoms with Crippen LogP contribution < -0.4 is 10.9 Å². The molecule has 0 aliphatic heterocycles. The van der Waals surface area contributed by atoms with Crippen LogP contribution in [-0.2, 0) is 22.6 Å². The highest BCUT2D eigenvalue weighted by atomic mass is 35.5. The third-order valence-corrected chi connectivity index (χ3v) is 6.37. The highest BCUT2D eigenvalue weighted by Gasteiger charge is 2.20. The minimum atomic E-state index is -0.488. The maximum atomic E-state index is 12.9. The number of aromatic nitrogens is 2. The normalized spacial score (nSPS) is 11.0. The maximum Gasteiger partial charge on any atom is 0.348 e. The van der Waals surface area contributed by atoms with Gasteiger partial charge in [-0.25, -0.2) is 9.78 Å². The summed E-state index contributed by atoms with van der Waals surface area (Å²) >= 11 is 7.01. The number of rotatable bonds is 7. The highest BCUT2D eigenvalue weighted by Crippen LogP contribution is 2.27. The molecule has 0 saturated carbocycles. The third-order valence-electron chi connectivity index (χ3n) is 4.94. The third kappa shape index (κ3) is 4.84. The number of halogens is 1. The molecule has 8 nitrogen and oxygen atoms in total. The molecule has 3 heterocycles. The van der Waals surface area contributed by atoms with Crippen LogP contribution in [0.4, 0.5) is 0 Å². The first kappa shape index (κ1) is 22.8. The number of carbonyl (C=O) groups is 2. The SMILES string of the molecule is CCOC(=O)c1sc2ncn(CC(=O)NCc3ccc(-c4ccc(Cl)cc4)o3)c(=O)c2c1C. The molecule has 3 aromatic heterocycles. The molecular weight excluding hydrogens is 466 g/mol. The number of nitrogens with zero attached hydrogens (tertiary/aromatic N) is 2. The van der Waals surface area contributed by atoms with Crippen molar-refractivity contribution < 1.29 is 18.7 Å². The number of carbonyl (C=O) groups excluding carboxylic acids is 2. The van der Waals surface area contributed by atoms with Gasteiger partial charge in [-0.3, -0.25) is 14.2 Å². The Bertz CT molecular complexity index is 1390. The zero-order chi connectivity index (χ0) is 23.5. The topological polar surface area (TPSA) is 103 Å². The van der Waals surface area contributed by atoms with Crippen LogP contribution in [-0.4, -0.2) is 28.0 Å². The van der Waals surface area contributed by atoms with Crippen molar-refractivity contribution in [3.8, 4) is 11.3 Å². The van der Waals surface area contributed by atoms with E-state index in [9.17, 15) is 14.4 Å². The number of aryl methyl sites for hydroxylation is 1. The molecule has 0 radical (unpaired) electrons. The number of furan rings is 1.